The zero-order valence-electron chi connectivity index (χ0n) is 15.0. The summed E-state index contributed by atoms with van der Waals surface area (Å²) in [5.74, 6) is -1.01. The highest BCUT2D eigenvalue weighted by atomic mass is 19.1. The van der Waals surface area contributed by atoms with E-state index in [-0.39, 0.29) is 13.2 Å². The Morgan fingerprint density at radius 2 is 1.82 bits per heavy atom. The first kappa shape index (κ1) is 19.1. The van der Waals surface area contributed by atoms with Gasteiger partial charge in [-0.05, 0) is 48.9 Å². The number of amides is 2. The van der Waals surface area contributed by atoms with Crippen molar-refractivity contribution >= 4 is 28.5 Å². The van der Waals surface area contributed by atoms with Crippen molar-refractivity contribution in [3.63, 3.8) is 0 Å². The zero-order chi connectivity index (χ0) is 20.1. The van der Waals surface area contributed by atoms with E-state index < -0.39 is 23.3 Å². The molecule has 0 fully saturated rings. The normalized spacial score (nSPS) is 10.5. The Hall–Kier alpha value is -3.68. The van der Waals surface area contributed by atoms with Crippen LogP contribution < -0.4 is 21.0 Å². The molecule has 144 valence electrons. The number of hydrogen-bond donors (Lipinski definition) is 2. The fourth-order valence-electron chi connectivity index (χ4n) is 2.51. The smallest absolute Gasteiger partial charge is 0.336 e. The van der Waals surface area contributed by atoms with Crippen LogP contribution in [0.3, 0.4) is 0 Å². The van der Waals surface area contributed by atoms with Gasteiger partial charge in [-0.25, -0.2) is 9.18 Å². The molecule has 0 spiro atoms. The molecule has 0 aliphatic carbocycles. The molecule has 2 amide bonds. The molecule has 8 heteroatoms. The lowest BCUT2D eigenvalue weighted by atomic mass is 10.1. The molecule has 3 aromatic rings. The summed E-state index contributed by atoms with van der Waals surface area (Å²) in [6.07, 6.45) is 0. The molecule has 0 aliphatic heterocycles. The second-order valence-corrected chi connectivity index (χ2v) is 6.03. The lowest BCUT2D eigenvalue weighted by Crippen LogP contribution is -2.35. The number of hydrogen-bond acceptors (Lipinski definition) is 5. The van der Waals surface area contributed by atoms with E-state index in [0.29, 0.717) is 17.0 Å². The summed E-state index contributed by atoms with van der Waals surface area (Å²) in [5, 5.41) is 5.71. The van der Waals surface area contributed by atoms with Gasteiger partial charge in [-0.2, -0.15) is 0 Å². The molecule has 0 unspecified atom stereocenters. The number of nitrogens with one attached hydrogen (secondary N) is 2. The Kier molecular flexibility index (Phi) is 5.69. The first-order valence-corrected chi connectivity index (χ1v) is 8.40. The molecule has 2 aromatic carbocycles. The minimum atomic E-state index is -0.500. The third-order valence-electron chi connectivity index (χ3n) is 3.87. The largest absolute Gasteiger partial charge is 0.484 e. The quantitative estimate of drug-likeness (QED) is 0.636. The monoisotopic (exact) mass is 384 g/mol. The van der Waals surface area contributed by atoms with Crippen molar-refractivity contribution in [1.82, 2.24) is 5.32 Å². The van der Waals surface area contributed by atoms with Crippen molar-refractivity contribution in [2.45, 2.75) is 6.92 Å². The number of carbonyl (C=O) groups is 2. The van der Waals surface area contributed by atoms with Crippen LogP contribution in [0, 0.1) is 12.7 Å². The van der Waals surface area contributed by atoms with Gasteiger partial charge in [0.1, 0.15) is 17.1 Å². The van der Waals surface area contributed by atoms with E-state index in [9.17, 15) is 18.8 Å². The van der Waals surface area contributed by atoms with Crippen molar-refractivity contribution in [3.05, 3.63) is 70.3 Å². The average molecular weight is 384 g/mol. The minimum Gasteiger partial charge on any atom is -0.484 e. The van der Waals surface area contributed by atoms with Gasteiger partial charge in [-0.3, -0.25) is 9.59 Å². The van der Waals surface area contributed by atoms with E-state index in [1.807, 2.05) is 0 Å². The van der Waals surface area contributed by atoms with Crippen LogP contribution in [0.2, 0.25) is 0 Å². The zero-order valence-corrected chi connectivity index (χ0v) is 15.0. The molecule has 28 heavy (non-hydrogen) atoms. The van der Waals surface area contributed by atoms with Gasteiger partial charge in [0, 0.05) is 23.2 Å². The van der Waals surface area contributed by atoms with E-state index in [1.54, 1.807) is 19.1 Å². The van der Waals surface area contributed by atoms with Gasteiger partial charge in [-0.1, -0.05) is 0 Å². The summed E-state index contributed by atoms with van der Waals surface area (Å²) in [7, 11) is 0. The molecular weight excluding hydrogens is 367 g/mol. The van der Waals surface area contributed by atoms with Crippen molar-refractivity contribution < 1.29 is 23.1 Å². The summed E-state index contributed by atoms with van der Waals surface area (Å²) < 4.78 is 23.3. The predicted octanol–water partition coefficient (Wildman–Crippen LogP) is 2.37. The van der Waals surface area contributed by atoms with Gasteiger partial charge in [0.15, 0.2) is 6.61 Å². The van der Waals surface area contributed by atoms with Crippen LogP contribution in [-0.2, 0) is 9.59 Å². The van der Waals surface area contributed by atoms with Crippen LogP contribution in [0.15, 0.2) is 57.7 Å². The van der Waals surface area contributed by atoms with Crippen molar-refractivity contribution in [2.75, 3.05) is 18.5 Å². The van der Waals surface area contributed by atoms with E-state index >= 15 is 0 Å². The Bertz CT molecular complexity index is 1080. The highest BCUT2D eigenvalue weighted by Gasteiger charge is 2.09. The van der Waals surface area contributed by atoms with Crippen LogP contribution in [0.25, 0.3) is 11.0 Å². The highest BCUT2D eigenvalue weighted by molar-refractivity contribution is 5.94. The summed E-state index contributed by atoms with van der Waals surface area (Å²) in [6.45, 7) is 1.22. The molecule has 2 N–H and O–H groups in total. The number of fused-ring (bicyclic) bond motifs is 1. The Balaban J connectivity index is 1.50. The maximum absolute atomic E-state index is 12.8. The molecular formula is C20H17FN2O5. The fraction of sp³-hybridized carbons (Fsp3) is 0.150. The number of carbonyl (C=O) groups excluding carboxylic acids is 2. The second-order valence-electron chi connectivity index (χ2n) is 6.03. The van der Waals surface area contributed by atoms with Crippen molar-refractivity contribution in [1.29, 1.82) is 0 Å². The van der Waals surface area contributed by atoms with Gasteiger partial charge in [0.05, 0.1) is 6.54 Å². The maximum atomic E-state index is 12.8. The topological polar surface area (TPSA) is 97.6 Å². The van der Waals surface area contributed by atoms with Crippen LogP contribution in [0.4, 0.5) is 10.1 Å². The number of aryl methyl sites for hydroxylation is 1. The van der Waals surface area contributed by atoms with Crippen molar-refractivity contribution in [3.8, 4) is 5.75 Å². The predicted molar refractivity (Wildman–Crippen MR) is 101 cm³/mol. The number of anilines is 1. The lowest BCUT2D eigenvalue weighted by Gasteiger charge is -2.09. The molecule has 0 aliphatic rings. The third kappa shape index (κ3) is 4.94. The first-order chi connectivity index (χ1) is 13.4. The summed E-state index contributed by atoms with van der Waals surface area (Å²) in [6, 6.07) is 11.6. The maximum Gasteiger partial charge on any atom is 0.336 e. The Morgan fingerprint density at radius 1 is 1.07 bits per heavy atom. The van der Waals surface area contributed by atoms with E-state index in [2.05, 4.69) is 10.6 Å². The minimum absolute atomic E-state index is 0.259. The van der Waals surface area contributed by atoms with Crippen LogP contribution >= 0.6 is 0 Å². The molecule has 0 radical (unpaired) electrons. The molecule has 1 heterocycles. The van der Waals surface area contributed by atoms with Crippen molar-refractivity contribution in [2.24, 2.45) is 0 Å². The van der Waals surface area contributed by atoms with Gasteiger partial charge in [0.2, 0.25) is 5.91 Å². The van der Waals surface area contributed by atoms with Gasteiger partial charge in [0.25, 0.3) is 5.91 Å². The Labute approximate surface area is 159 Å². The summed E-state index contributed by atoms with van der Waals surface area (Å²) in [5.41, 5.74) is 1.10. The summed E-state index contributed by atoms with van der Waals surface area (Å²) in [4.78, 5) is 35.1. The molecule has 3 rings (SSSR count). The Morgan fingerprint density at radius 3 is 2.57 bits per heavy atom. The number of benzene rings is 2. The SMILES string of the molecule is Cc1cc(=O)oc2cc(OCC(=O)NCC(=O)Nc3ccc(F)cc3)ccc12. The molecule has 1 aromatic heterocycles. The average Bonchev–Trinajstić information content (AvgIpc) is 2.66. The van der Waals surface area contributed by atoms with Gasteiger partial charge >= 0.3 is 5.63 Å². The molecule has 7 nitrogen and oxygen atoms in total. The first-order valence-electron chi connectivity index (χ1n) is 8.40. The van der Waals surface area contributed by atoms with Gasteiger partial charge in [-0.15, -0.1) is 0 Å². The second kappa shape index (κ2) is 8.34. The number of rotatable bonds is 6. The highest BCUT2D eigenvalue weighted by Crippen LogP contribution is 2.22. The van der Waals surface area contributed by atoms with E-state index in [1.165, 1.54) is 36.4 Å². The number of ether oxygens (including phenoxy) is 1. The molecule has 0 bridgehead atoms. The van der Waals surface area contributed by atoms with Gasteiger partial charge < -0.3 is 19.8 Å². The molecule has 0 saturated carbocycles. The van der Waals surface area contributed by atoms with Crippen LogP contribution in [0.5, 0.6) is 5.75 Å². The van der Waals surface area contributed by atoms with E-state index in [0.717, 1.165) is 10.9 Å². The summed E-state index contributed by atoms with van der Waals surface area (Å²) >= 11 is 0. The van der Waals surface area contributed by atoms with E-state index in [4.69, 9.17) is 9.15 Å². The fourth-order valence-corrected chi connectivity index (χ4v) is 2.51. The molecule has 0 atom stereocenters. The third-order valence-corrected chi connectivity index (χ3v) is 3.87. The van der Waals surface area contributed by atoms with Crippen LogP contribution in [0.1, 0.15) is 5.56 Å². The standard InChI is InChI=1S/C20H17FN2O5/c1-12-8-20(26)28-17-9-15(6-7-16(12)17)27-11-19(25)22-10-18(24)23-14-4-2-13(21)3-5-14/h2-9H,10-11H2,1H3,(H,22,25)(H,23,24). The number of halogens is 1. The molecule has 0 saturated heterocycles. The lowest BCUT2D eigenvalue weighted by molar-refractivity contribution is -0.125. The van der Waals surface area contributed by atoms with Crippen LogP contribution in [-0.4, -0.2) is 25.0 Å².